The van der Waals surface area contributed by atoms with Gasteiger partial charge in [0.25, 0.3) is 0 Å². The number of hydrogen-bond donors (Lipinski definition) is 1. The fraction of sp³-hybridized carbons (Fsp3) is 0.714. The first kappa shape index (κ1) is 14.0. The summed E-state index contributed by atoms with van der Waals surface area (Å²) in [5, 5.41) is 2.15. The standard InChI is InChI=1S/C14H22BrN3S/c1-10-8-17-5-2-3-11(17)9-18(10)13(7-16)14-12(15)4-6-19-14/h4,6,10-11,13H,2-3,5,7-9,16H2,1H3. The number of fused-ring (bicyclic) bond motifs is 1. The van der Waals surface area contributed by atoms with Gasteiger partial charge in [-0.25, -0.2) is 0 Å². The molecule has 19 heavy (non-hydrogen) atoms. The predicted octanol–water partition coefficient (Wildman–Crippen LogP) is 2.68. The predicted molar refractivity (Wildman–Crippen MR) is 84.6 cm³/mol. The van der Waals surface area contributed by atoms with E-state index in [-0.39, 0.29) is 0 Å². The fourth-order valence-electron chi connectivity index (χ4n) is 3.58. The molecule has 3 heterocycles. The van der Waals surface area contributed by atoms with Crippen molar-refractivity contribution >= 4 is 27.3 Å². The second-order valence-electron chi connectivity index (χ2n) is 5.72. The van der Waals surface area contributed by atoms with Crippen LogP contribution >= 0.6 is 27.3 Å². The molecule has 0 saturated carbocycles. The zero-order chi connectivity index (χ0) is 13.4. The van der Waals surface area contributed by atoms with E-state index in [0.29, 0.717) is 18.6 Å². The first-order chi connectivity index (χ1) is 9.20. The maximum absolute atomic E-state index is 6.09. The molecule has 0 aliphatic carbocycles. The van der Waals surface area contributed by atoms with Gasteiger partial charge in [0.05, 0.1) is 6.04 Å². The molecule has 2 fully saturated rings. The summed E-state index contributed by atoms with van der Waals surface area (Å²) >= 11 is 5.49. The maximum atomic E-state index is 6.09. The third-order valence-corrected chi connectivity index (χ3v) is 6.53. The smallest absolute Gasteiger partial charge is 0.0579 e. The Morgan fingerprint density at radius 3 is 3.05 bits per heavy atom. The van der Waals surface area contributed by atoms with Crippen molar-refractivity contribution in [3.05, 3.63) is 20.8 Å². The van der Waals surface area contributed by atoms with Gasteiger partial charge in [-0.05, 0) is 53.7 Å². The molecule has 3 unspecified atom stereocenters. The number of hydrogen-bond acceptors (Lipinski definition) is 4. The van der Waals surface area contributed by atoms with Crippen LogP contribution in [0.15, 0.2) is 15.9 Å². The minimum atomic E-state index is 0.368. The number of halogens is 1. The zero-order valence-electron chi connectivity index (χ0n) is 11.4. The summed E-state index contributed by atoms with van der Waals surface area (Å²) < 4.78 is 1.22. The lowest BCUT2D eigenvalue weighted by Gasteiger charge is -2.45. The largest absolute Gasteiger partial charge is 0.329 e. The third kappa shape index (κ3) is 2.63. The summed E-state index contributed by atoms with van der Waals surface area (Å²) in [5.74, 6) is 0. The Kier molecular flexibility index (Phi) is 4.29. The highest BCUT2D eigenvalue weighted by atomic mass is 79.9. The highest BCUT2D eigenvalue weighted by Crippen LogP contribution is 2.36. The Morgan fingerprint density at radius 2 is 2.37 bits per heavy atom. The van der Waals surface area contributed by atoms with Crippen molar-refractivity contribution in [2.24, 2.45) is 5.73 Å². The second kappa shape index (κ2) is 5.82. The van der Waals surface area contributed by atoms with E-state index in [9.17, 15) is 0 Å². The van der Waals surface area contributed by atoms with Crippen LogP contribution in [0.4, 0.5) is 0 Å². The van der Waals surface area contributed by atoms with Gasteiger partial charge in [0.1, 0.15) is 0 Å². The average molecular weight is 344 g/mol. The van der Waals surface area contributed by atoms with Crippen LogP contribution in [0.3, 0.4) is 0 Å². The molecule has 5 heteroatoms. The van der Waals surface area contributed by atoms with Gasteiger partial charge in [-0.15, -0.1) is 11.3 Å². The SMILES string of the molecule is CC1CN2CCCC2CN1C(CN)c1sccc1Br. The van der Waals surface area contributed by atoms with E-state index in [1.54, 1.807) is 0 Å². The van der Waals surface area contributed by atoms with Gasteiger partial charge in [0, 0.05) is 41.1 Å². The van der Waals surface area contributed by atoms with Crippen LogP contribution in [0, 0.1) is 0 Å². The van der Waals surface area contributed by atoms with Crippen LogP contribution in [0.25, 0.3) is 0 Å². The summed E-state index contributed by atoms with van der Waals surface area (Å²) in [6.45, 7) is 6.71. The molecule has 2 saturated heterocycles. The summed E-state index contributed by atoms with van der Waals surface area (Å²) in [5.41, 5.74) is 6.09. The molecule has 106 valence electrons. The van der Waals surface area contributed by atoms with E-state index >= 15 is 0 Å². The van der Waals surface area contributed by atoms with Crippen molar-refractivity contribution in [3.63, 3.8) is 0 Å². The minimum absolute atomic E-state index is 0.368. The number of rotatable bonds is 3. The molecule has 2 aliphatic rings. The van der Waals surface area contributed by atoms with Gasteiger partial charge >= 0.3 is 0 Å². The molecule has 0 amide bonds. The molecule has 1 aromatic heterocycles. The molecular formula is C14H22BrN3S. The van der Waals surface area contributed by atoms with E-state index in [0.717, 1.165) is 6.04 Å². The average Bonchev–Trinajstić information content (AvgIpc) is 3.00. The lowest BCUT2D eigenvalue weighted by molar-refractivity contribution is 0.0305. The Balaban J connectivity index is 1.81. The van der Waals surface area contributed by atoms with Crippen LogP contribution in [-0.2, 0) is 0 Å². The molecule has 0 bridgehead atoms. The lowest BCUT2D eigenvalue weighted by atomic mass is 10.0. The Hall–Kier alpha value is 0.0600. The van der Waals surface area contributed by atoms with Crippen molar-refractivity contribution < 1.29 is 0 Å². The molecular weight excluding hydrogens is 322 g/mol. The van der Waals surface area contributed by atoms with Gasteiger partial charge in [-0.2, -0.15) is 0 Å². The Morgan fingerprint density at radius 1 is 1.53 bits per heavy atom. The molecule has 2 aliphatic heterocycles. The zero-order valence-corrected chi connectivity index (χ0v) is 13.8. The van der Waals surface area contributed by atoms with Crippen LogP contribution in [0.1, 0.15) is 30.7 Å². The molecule has 1 aromatic rings. The van der Waals surface area contributed by atoms with E-state index in [4.69, 9.17) is 5.73 Å². The van der Waals surface area contributed by atoms with Crippen molar-refractivity contribution in [2.75, 3.05) is 26.2 Å². The molecule has 3 rings (SSSR count). The van der Waals surface area contributed by atoms with Crippen molar-refractivity contribution in [1.82, 2.24) is 9.80 Å². The van der Waals surface area contributed by atoms with Crippen molar-refractivity contribution in [1.29, 1.82) is 0 Å². The Labute approximate surface area is 127 Å². The lowest BCUT2D eigenvalue weighted by Crippen LogP contribution is -2.56. The van der Waals surface area contributed by atoms with Crippen LogP contribution < -0.4 is 5.73 Å². The van der Waals surface area contributed by atoms with E-state index in [1.165, 1.54) is 41.8 Å². The summed E-state index contributed by atoms with van der Waals surface area (Å²) in [7, 11) is 0. The first-order valence-corrected chi connectivity index (χ1v) is 8.80. The topological polar surface area (TPSA) is 32.5 Å². The first-order valence-electron chi connectivity index (χ1n) is 7.13. The highest BCUT2D eigenvalue weighted by Gasteiger charge is 2.37. The molecule has 3 nitrogen and oxygen atoms in total. The normalized spacial score (nSPS) is 30.5. The summed E-state index contributed by atoms with van der Waals surface area (Å²) in [4.78, 5) is 6.68. The molecule has 0 radical (unpaired) electrons. The minimum Gasteiger partial charge on any atom is -0.329 e. The summed E-state index contributed by atoms with van der Waals surface area (Å²) in [6.07, 6.45) is 2.72. The number of thiophene rings is 1. The number of nitrogens with two attached hydrogens (primary N) is 1. The third-order valence-electron chi connectivity index (χ3n) is 4.56. The van der Waals surface area contributed by atoms with Crippen LogP contribution in [0.5, 0.6) is 0 Å². The Bertz CT molecular complexity index is 436. The molecule has 3 atom stereocenters. The summed E-state index contributed by atoms with van der Waals surface area (Å²) in [6, 6.07) is 3.85. The van der Waals surface area contributed by atoms with Gasteiger partial charge in [0.2, 0.25) is 0 Å². The fourth-order valence-corrected chi connectivity index (χ4v) is 5.35. The highest BCUT2D eigenvalue weighted by molar-refractivity contribution is 9.10. The maximum Gasteiger partial charge on any atom is 0.0579 e. The monoisotopic (exact) mass is 343 g/mol. The van der Waals surface area contributed by atoms with Gasteiger partial charge < -0.3 is 5.73 Å². The van der Waals surface area contributed by atoms with Crippen molar-refractivity contribution in [2.45, 2.75) is 37.9 Å². The molecule has 0 spiro atoms. The number of piperazine rings is 1. The second-order valence-corrected chi connectivity index (χ2v) is 7.52. The van der Waals surface area contributed by atoms with E-state index in [2.05, 4.69) is 44.1 Å². The van der Waals surface area contributed by atoms with Gasteiger partial charge in [-0.1, -0.05) is 0 Å². The van der Waals surface area contributed by atoms with Gasteiger partial charge in [-0.3, -0.25) is 9.80 Å². The van der Waals surface area contributed by atoms with E-state index in [1.807, 2.05) is 11.3 Å². The van der Waals surface area contributed by atoms with E-state index < -0.39 is 0 Å². The molecule has 2 N–H and O–H groups in total. The number of nitrogens with zero attached hydrogens (tertiary/aromatic N) is 2. The van der Waals surface area contributed by atoms with Crippen LogP contribution in [-0.4, -0.2) is 48.1 Å². The van der Waals surface area contributed by atoms with Gasteiger partial charge in [0.15, 0.2) is 0 Å². The molecule has 0 aromatic carbocycles. The van der Waals surface area contributed by atoms with Crippen molar-refractivity contribution in [3.8, 4) is 0 Å². The quantitative estimate of drug-likeness (QED) is 0.915. The van der Waals surface area contributed by atoms with Crippen LogP contribution in [0.2, 0.25) is 0 Å².